The van der Waals surface area contributed by atoms with Crippen LogP contribution in [-0.4, -0.2) is 55.4 Å². The molecule has 0 saturated carbocycles. The van der Waals surface area contributed by atoms with Crippen molar-refractivity contribution in [2.24, 2.45) is 5.92 Å². The Labute approximate surface area is 176 Å². The maximum absolute atomic E-state index is 12.3. The molecule has 0 aromatic heterocycles. The second-order valence-electron chi connectivity index (χ2n) is 7.17. The normalized spacial score (nSPS) is 14.1. The summed E-state index contributed by atoms with van der Waals surface area (Å²) in [5, 5.41) is 5.65. The van der Waals surface area contributed by atoms with Crippen molar-refractivity contribution in [3.63, 3.8) is 0 Å². The summed E-state index contributed by atoms with van der Waals surface area (Å²) in [5.41, 5.74) is 0.595. The molecule has 1 saturated heterocycles. The van der Waals surface area contributed by atoms with Crippen molar-refractivity contribution >= 4 is 17.7 Å². The van der Waals surface area contributed by atoms with Gasteiger partial charge in [0.2, 0.25) is 5.91 Å². The Morgan fingerprint density at radius 2 is 1.47 bits per heavy atom. The van der Waals surface area contributed by atoms with Gasteiger partial charge in [0.05, 0.1) is 0 Å². The largest absolute Gasteiger partial charge is 0.484 e. The first kappa shape index (κ1) is 21.4. The lowest BCUT2D eigenvalue weighted by molar-refractivity contribution is -0.137. The zero-order chi connectivity index (χ0) is 21.2. The molecule has 0 atom stereocenters. The molecule has 2 aromatic rings. The van der Waals surface area contributed by atoms with Gasteiger partial charge in [-0.2, -0.15) is 0 Å². The molecule has 1 heterocycles. The van der Waals surface area contributed by atoms with Gasteiger partial charge in [-0.15, -0.1) is 0 Å². The van der Waals surface area contributed by atoms with Crippen LogP contribution in [0.25, 0.3) is 0 Å². The van der Waals surface area contributed by atoms with Gasteiger partial charge in [-0.05, 0) is 37.1 Å². The number of hydrogen-bond acceptors (Lipinski definition) is 4. The summed E-state index contributed by atoms with van der Waals surface area (Å²) in [6, 6.07) is 18.2. The lowest BCUT2D eigenvalue weighted by atomic mass is 9.96. The van der Waals surface area contributed by atoms with Crippen molar-refractivity contribution in [2.45, 2.75) is 12.8 Å². The summed E-state index contributed by atoms with van der Waals surface area (Å²) in [6.07, 6.45) is 1.25. The minimum atomic E-state index is -0.158. The number of para-hydroxylation sites is 1. The van der Waals surface area contributed by atoms with E-state index in [4.69, 9.17) is 4.74 Å². The SMILES string of the molecule is O=C(NCCNC(=O)C1CCN(C(=O)COc2ccccc2)CC1)c1ccccc1. The zero-order valence-corrected chi connectivity index (χ0v) is 16.9. The van der Waals surface area contributed by atoms with E-state index in [-0.39, 0.29) is 30.2 Å². The van der Waals surface area contributed by atoms with Gasteiger partial charge in [0.15, 0.2) is 6.61 Å². The summed E-state index contributed by atoms with van der Waals surface area (Å²) in [7, 11) is 0. The molecule has 0 radical (unpaired) electrons. The molecule has 0 spiro atoms. The number of ether oxygens (including phenoxy) is 1. The molecule has 2 N–H and O–H groups in total. The van der Waals surface area contributed by atoms with Gasteiger partial charge in [0, 0.05) is 37.7 Å². The number of rotatable bonds is 8. The molecule has 0 aliphatic carbocycles. The van der Waals surface area contributed by atoms with Gasteiger partial charge in [0.25, 0.3) is 11.8 Å². The van der Waals surface area contributed by atoms with E-state index in [1.165, 1.54) is 0 Å². The molecular formula is C23H27N3O4. The Hall–Kier alpha value is -3.35. The molecule has 7 heteroatoms. The first-order valence-electron chi connectivity index (χ1n) is 10.2. The Balaban J connectivity index is 1.31. The number of nitrogens with one attached hydrogen (secondary N) is 2. The van der Waals surface area contributed by atoms with E-state index in [0.717, 1.165) is 0 Å². The summed E-state index contributed by atoms with van der Waals surface area (Å²) in [5.74, 6) is 0.292. The Morgan fingerprint density at radius 3 is 2.13 bits per heavy atom. The molecular weight excluding hydrogens is 382 g/mol. The van der Waals surface area contributed by atoms with Crippen LogP contribution >= 0.6 is 0 Å². The number of carbonyl (C=O) groups excluding carboxylic acids is 3. The minimum absolute atomic E-state index is 0.00197. The van der Waals surface area contributed by atoms with Crippen molar-refractivity contribution < 1.29 is 19.1 Å². The maximum Gasteiger partial charge on any atom is 0.260 e. The molecule has 158 valence electrons. The number of hydrogen-bond donors (Lipinski definition) is 2. The van der Waals surface area contributed by atoms with E-state index in [0.29, 0.717) is 50.3 Å². The number of nitrogens with zero attached hydrogens (tertiary/aromatic N) is 1. The van der Waals surface area contributed by atoms with E-state index in [2.05, 4.69) is 10.6 Å². The molecule has 0 unspecified atom stereocenters. The van der Waals surface area contributed by atoms with E-state index in [9.17, 15) is 14.4 Å². The van der Waals surface area contributed by atoms with Crippen molar-refractivity contribution in [3.05, 3.63) is 66.2 Å². The van der Waals surface area contributed by atoms with Crippen LogP contribution in [0.4, 0.5) is 0 Å². The average Bonchev–Trinajstić information content (AvgIpc) is 2.81. The van der Waals surface area contributed by atoms with Crippen LogP contribution in [0.5, 0.6) is 5.75 Å². The molecule has 2 aromatic carbocycles. The molecule has 7 nitrogen and oxygen atoms in total. The number of benzene rings is 2. The van der Waals surface area contributed by atoms with Gasteiger partial charge >= 0.3 is 0 Å². The maximum atomic E-state index is 12.3. The van der Waals surface area contributed by atoms with Crippen LogP contribution in [0.2, 0.25) is 0 Å². The third kappa shape index (κ3) is 6.34. The number of amides is 3. The molecule has 3 rings (SSSR count). The summed E-state index contributed by atoms with van der Waals surface area (Å²) < 4.78 is 5.51. The second kappa shape index (κ2) is 11.0. The quantitative estimate of drug-likeness (QED) is 0.652. The van der Waals surface area contributed by atoms with Crippen molar-refractivity contribution in [1.29, 1.82) is 0 Å². The number of likely N-dealkylation sites (tertiary alicyclic amines) is 1. The fourth-order valence-corrected chi connectivity index (χ4v) is 3.34. The topological polar surface area (TPSA) is 87.7 Å². The number of carbonyl (C=O) groups is 3. The van der Waals surface area contributed by atoms with Crippen LogP contribution < -0.4 is 15.4 Å². The zero-order valence-electron chi connectivity index (χ0n) is 16.9. The van der Waals surface area contributed by atoms with E-state index < -0.39 is 0 Å². The monoisotopic (exact) mass is 409 g/mol. The summed E-state index contributed by atoms with van der Waals surface area (Å²) >= 11 is 0. The first-order chi connectivity index (χ1) is 14.6. The molecule has 30 heavy (non-hydrogen) atoms. The lowest BCUT2D eigenvalue weighted by Gasteiger charge is -2.31. The predicted molar refractivity (Wildman–Crippen MR) is 113 cm³/mol. The number of piperidine rings is 1. The fourth-order valence-electron chi connectivity index (χ4n) is 3.34. The lowest BCUT2D eigenvalue weighted by Crippen LogP contribution is -2.45. The highest BCUT2D eigenvalue weighted by molar-refractivity contribution is 5.94. The summed E-state index contributed by atoms with van der Waals surface area (Å²) in [6.45, 7) is 1.83. The third-order valence-corrected chi connectivity index (χ3v) is 5.07. The second-order valence-corrected chi connectivity index (χ2v) is 7.17. The fraction of sp³-hybridized carbons (Fsp3) is 0.348. The smallest absolute Gasteiger partial charge is 0.260 e. The molecule has 3 amide bonds. The first-order valence-corrected chi connectivity index (χ1v) is 10.2. The average molecular weight is 409 g/mol. The van der Waals surface area contributed by atoms with E-state index >= 15 is 0 Å². The standard InChI is InChI=1S/C23H27N3O4/c27-21(17-30-20-9-5-2-6-10-20)26-15-11-19(12-16-26)23(29)25-14-13-24-22(28)18-7-3-1-4-8-18/h1-10,19H,11-17H2,(H,24,28)(H,25,29). The van der Waals surface area contributed by atoms with Gasteiger partial charge in [-0.3, -0.25) is 14.4 Å². The van der Waals surface area contributed by atoms with Crippen LogP contribution in [0, 0.1) is 5.92 Å². The predicted octanol–water partition coefficient (Wildman–Crippen LogP) is 1.85. The highest BCUT2D eigenvalue weighted by Crippen LogP contribution is 2.18. The van der Waals surface area contributed by atoms with Gasteiger partial charge in [0.1, 0.15) is 5.75 Å². The molecule has 1 aliphatic rings. The summed E-state index contributed by atoms with van der Waals surface area (Å²) in [4.78, 5) is 38.4. The van der Waals surface area contributed by atoms with E-state index in [1.807, 2.05) is 48.5 Å². The Morgan fingerprint density at radius 1 is 0.867 bits per heavy atom. The van der Waals surface area contributed by atoms with Gasteiger partial charge in [-0.25, -0.2) is 0 Å². The van der Waals surface area contributed by atoms with Crippen LogP contribution in [-0.2, 0) is 9.59 Å². The van der Waals surface area contributed by atoms with Crippen molar-refractivity contribution in [3.8, 4) is 5.75 Å². The Kier molecular flexibility index (Phi) is 7.83. The van der Waals surface area contributed by atoms with Crippen LogP contribution in [0.15, 0.2) is 60.7 Å². The van der Waals surface area contributed by atoms with Gasteiger partial charge < -0.3 is 20.3 Å². The van der Waals surface area contributed by atoms with E-state index in [1.54, 1.807) is 17.0 Å². The highest BCUT2D eigenvalue weighted by Gasteiger charge is 2.27. The van der Waals surface area contributed by atoms with Crippen LogP contribution in [0.1, 0.15) is 23.2 Å². The highest BCUT2D eigenvalue weighted by atomic mass is 16.5. The third-order valence-electron chi connectivity index (χ3n) is 5.07. The molecule has 0 bridgehead atoms. The molecule has 1 aliphatic heterocycles. The van der Waals surface area contributed by atoms with Crippen molar-refractivity contribution in [1.82, 2.24) is 15.5 Å². The molecule has 1 fully saturated rings. The van der Waals surface area contributed by atoms with Gasteiger partial charge in [-0.1, -0.05) is 36.4 Å². The van der Waals surface area contributed by atoms with Crippen LogP contribution in [0.3, 0.4) is 0 Å². The minimum Gasteiger partial charge on any atom is -0.484 e. The van der Waals surface area contributed by atoms with Crippen molar-refractivity contribution in [2.75, 3.05) is 32.8 Å². The Bertz CT molecular complexity index is 834.